The monoisotopic (exact) mass is 197 g/mol. The molecule has 4 heteroatoms. The Balaban J connectivity index is 2.95. The van der Waals surface area contributed by atoms with Crippen molar-refractivity contribution in [2.75, 3.05) is 0 Å². The predicted octanol–water partition coefficient (Wildman–Crippen LogP) is 1.71. The zero-order chi connectivity index (χ0) is 10.7. The van der Waals surface area contributed by atoms with Crippen LogP contribution in [0.3, 0.4) is 0 Å². The molecule has 0 aliphatic heterocycles. The van der Waals surface area contributed by atoms with Gasteiger partial charge in [-0.25, -0.2) is 4.39 Å². The van der Waals surface area contributed by atoms with Crippen molar-refractivity contribution in [1.82, 2.24) is 0 Å². The van der Waals surface area contributed by atoms with Crippen molar-refractivity contribution in [3.05, 3.63) is 29.6 Å². The average molecular weight is 197 g/mol. The van der Waals surface area contributed by atoms with Crippen molar-refractivity contribution < 1.29 is 13.9 Å². The first-order valence-corrected chi connectivity index (χ1v) is 4.26. The molecule has 0 aliphatic rings. The molecule has 1 amide bonds. The summed E-state index contributed by atoms with van der Waals surface area (Å²) in [7, 11) is 0. The molecule has 0 saturated carbocycles. The van der Waals surface area contributed by atoms with Gasteiger partial charge in [-0.3, -0.25) is 4.79 Å². The number of rotatable bonds is 3. The lowest BCUT2D eigenvalue weighted by Crippen LogP contribution is -2.12. The second-order valence-electron chi connectivity index (χ2n) is 3.18. The van der Waals surface area contributed by atoms with E-state index < -0.39 is 11.7 Å². The number of primary amides is 1. The van der Waals surface area contributed by atoms with Gasteiger partial charge < -0.3 is 10.5 Å². The topological polar surface area (TPSA) is 52.3 Å². The number of nitrogens with two attached hydrogens (primary N) is 1. The van der Waals surface area contributed by atoms with E-state index in [9.17, 15) is 9.18 Å². The molecule has 0 heterocycles. The minimum atomic E-state index is -0.653. The van der Waals surface area contributed by atoms with Gasteiger partial charge in [0.15, 0.2) is 11.6 Å². The molecule has 0 unspecified atom stereocenters. The molecule has 2 N–H and O–H groups in total. The molecule has 0 spiro atoms. The van der Waals surface area contributed by atoms with Gasteiger partial charge in [0.1, 0.15) is 0 Å². The number of ether oxygens (including phenoxy) is 1. The standard InChI is InChI=1S/C10H12FNO2/c1-6(2)14-9-4-3-7(10(12)13)5-8(9)11/h3-6H,1-2H3,(H2,12,13). The molecule has 1 aromatic carbocycles. The Bertz CT molecular complexity index is 350. The quantitative estimate of drug-likeness (QED) is 0.801. The molecule has 14 heavy (non-hydrogen) atoms. The summed E-state index contributed by atoms with van der Waals surface area (Å²) in [6.07, 6.45) is -0.107. The van der Waals surface area contributed by atoms with E-state index in [2.05, 4.69) is 0 Å². The zero-order valence-corrected chi connectivity index (χ0v) is 8.08. The lowest BCUT2D eigenvalue weighted by atomic mass is 10.2. The van der Waals surface area contributed by atoms with Crippen LogP contribution >= 0.6 is 0 Å². The van der Waals surface area contributed by atoms with Gasteiger partial charge in [-0.2, -0.15) is 0 Å². The molecule has 1 rings (SSSR count). The van der Waals surface area contributed by atoms with Crippen LogP contribution in [0.25, 0.3) is 0 Å². The maximum absolute atomic E-state index is 13.2. The van der Waals surface area contributed by atoms with E-state index in [1.165, 1.54) is 12.1 Å². The van der Waals surface area contributed by atoms with Crippen molar-refractivity contribution in [3.63, 3.8) is 0 Å². The van der Waals surface area contributed by atoms with E-state index >= 15 is 0 Å². The Kier molecular flexibility index (Phi) is 3.06. The molecule has 0 radical (unpaired) electrons. The Hall–Kier alpha value is -1.58. The predicted molar refractivity (Wildman–Crippen MR) is 50.7 cm³/mol. The number of halogens is 1. The van der Waals surface area contributed by atoms with Gasteiger partial charge in [0.2, 0.25) is 5.91 Å². The second-order valence-corrected chi connectivity index (χ2v) is 3.18. The minimum Gasteiger partial charge on any atom is -0.488 e. The molecule has 76 valence electrons. The van der Waals surface area contributed by atoms with E-state index in [0.29, 0.717) is 0 Å². The van der Waals surface area contributed by atoms with Crippen molar-refractivity contribution >= 4 is 5.91 Å². The van der Waals surface area contributed by atoms with Crippen LogP contribution in [0.1, 0.15) is 24.2 Å². The summed E-state index contributed by atoms with van der Waals surface area (Å²) in [5, 5.41) is 0. The number of carbonyl (C=O) groups excluding carboxylic acids is 1. The highest BCUT2D eigenvalue weighted by Gasteiger charge is 2.08. The van der Waals surface area contributed by atoms with E-state index in [1.807, 2.05) is 0 Å². The van der Waals surface area contributed by atoms with Crippen LogP contribution in [0.2, 0.25) is 0 Å². The molecule has 0 aliphatic carbocycles. The van der Waals surface area contributed by atoms with Gasteiger partial charge in [0, 0.05) is 5.56 Å². The van der Waals surface area contributed by atoms with Gasteiger partial charge in [0.25, 0.3) is 0 Å². The van der Waals surface area contributed by atoms with Crippen LogP contribution in [0.15, 0.2) is 18.2 Å². The number of carbonyl (C=O) groups is 1. The molecule has 0 aromatic heterocycles. The fraction of sp³-hybridized carbons (Fsp3) is 0.300. The molecule has 1 aromatic rings. The highest BCUT2D eigenvalue weighted by molar-refractivity contribution is 5.92. The molecule has 0 fully saturated rings. The van der Waals surface area contributed by atoms with Crippen LogP contribution in [-0.2, 0) is 0 Å². The summed E-state index contributed by atoms with van der Waals surface area (Å²) in [5.41, 5.74) is 5.13. The lowest BCUT2D eigenvalue weighted by molar-refractivity contribution is 0.0999. The van der Waals surface area contributed by atoms with Crippen LogP contribution in [0, 0.1) is 5.82 Å². The first kappa shape index (κ1) is 10.5. The Morgan fingerprint density at radius 2 is 2.14 bits per heavy atom. The van der Waals surface area contributed by atoms with Gasteiger partial charge in [-0.05, 0) is 32.0 Å². The zero-order valence-electron chi connectivity index (χ0n) is 8.08. The molecule has 0 atom stereocenters. The third-order valence-corrected chi connectivity index (χ3v) is 1.58. The largest absolute Gasteiger partial charge is 0.488 e. The van der Waals surface area contributed by atoms with Crippen molar-refractivity contribution in [3.8, 4) is 5.75 Å². The van der Waals surface area contributed by atoms with Gasteiger partial charge in [-0.15, -0.1) is 0 Å². The van der Waals surface area contributed by atoms with Crippen molar-refractivity contribution in [1.29, 1.82) is 0 Å². The third-order valence-electron chi connectivity index (χ3n) is 1.58. The minimum absolute atomic E-state index is 0.107. The first-order chi connectivity index (χ1) is 6.50. The van der Waals surface area contributed by atoms with Crippen LogP contribution in [0.5, 0.6) is 5.75 Å². The lowest BCUT2D eigenvalue weighted by Gasteiger charge is -2.10. The smallest absolute Gasteiger partial charge is 0.248 e. The summed E-state index contributed by atoms with van der Waals surface area (Å²) in [6.45, 7) is 3.59. The van der Waals surface area contributed by atoms with E-state index in [1.54, 1.807) is 13.8 Å². The SMILES string of the molecule is CC(C)Oc1ccc(C(N)=O)cc1F. The summed E-state index contributed by atoms with van der Waals surface area (Å²) in [4.78, 5) is 10.7. The van der Waals surface area contributed by atoms with Gasteiger partial charge in [0.05, 0.1) is 6.10 Å². The average Bonchev–Trinajstić information content (AvgIpc) is 2.07. The normalized spacial score (nSPS) is 10.3. The van der Waals surface area contributed by atoms with Gasteiger partial charge in [-0.1, -0.05) is 0 Å². The third kappa shape index (κ3) is 2.45. The summed E-state index contributed by atoms with van der Waals surface area (Å²) in [5.74, 6) is -1.10. The fourth-order valence-electron chi connectivity index (χ4n) is 1.00. The van der Waals surface area contributed by atoms with Crippen LogP contribution in [-0.4, -0.2) is 12.0 Å². The summed E-state index contributed by atoms with van der Waals surface area (Å²) < 4.78 is 18.4. The molecule has 3 nitrogen and oxygen atoms in total. The maximum atomic E-state index is 13.2. The van der Waals surface area contributed by atoms with Gasteiger partial charge >= 0.3 is 0 Å². The van der Waals surface area contributed by atoms with Crippen LogP contribution < -0.4 is 10.5 Å². The van der Waals surface area contributed by atoms with E-state index in [4.69, 9.17) is 10.5 Å². The molecular formula is C10H12FNO2. The molecule has 0 saturated heterocycles. The Labute approximate surface area is 81.7 Å². The highest BCUT2D eigenvalue weighted by atomic mass is 19.1. The fourth-order valence-corrected chi connectivity index (χ4v) is 1.00. The van der Waals surface area contributed by atoms with Crippen molar-refractivity contribution in [2.45, 2.75) is 20.0 Å². The second kappa shape index (κ2) is 4.09. The Morgan fingerprint density at radius 3 is 2.57 bits per heavy atom. The number of hydrogen-bond donors (Lipinski definition) is 1. The van der Waals surface area contributed by atoms with E-state index in [0.717, 1.165) is 6.07 Å². The molecular weight excluding hydrogens is 185 g/mol. The van der Waals surface area contributed by atoms with Crippen molar-refractivity contribution in [2.24, 2.45) is 5.73 Å². The van der Waals surface area contributed by atoms with E-state index in [-0.39, 0.29) is 17.4 Å². The first-order valence-electron chi connectivity index (χ1n) is 4.26. The van der Waals surface area contributed by atoms with Crippen LogP contribution in [0.4, 0.5) is 4.39 Å². The number of benzene rings is 1. The highest BCUT2D eigenvalue weighted by Crippen LogP contribution is 2.19. The summed E-state index contributed by atoms with van der Waals surface area (Å²) >= 11 is 0. The number of hydrogen-bond acceptors (Lipinski definition) is 2. The maximum Gasteiger partial charge on any atom is 0.248 e. The number of amides is 1. The Morgan fingerprint density at radius 1 is 1.50 bits per heavy atom. The molecule has 0 bridgehead atoms. The summed E-state index contributed by atoms with van der Waals surface area (Å²) in [6, 6.07) is 3.90.